The first-order valence-corrected chi connectivity index (χ1v) is 6.70. The van der Waals surface area contributed by atoms with Crippen molar-refractivity contribution < 1.29 is 5.11 Å². The minimum atomic E-state index is -0.585. The van der Waals surface area contributed by atoms with Crippen LogP contribution in [0.3, 0.4) is 0 Å². The van der Waals surface area contributed by atoms with Crippen molar-refractivity contribution in [1.29, 1.82) is 0 Å². The number of rotatable bonds is 2. The number of aliphatic hydroxyl groups excluding tert-OH is 1. The van der Waals surface area contributed by atoms with Crippen LogP contribution >= 0.6 is 44.3 Å². The molecule has 0 amide bonds. The van der Waals surface area contributed by atoms with Gasteiger partial charge in [0.2, 0.25) is 0 Å². The molecule has 0 saturated carbocycles. The van der Waals surface area contributed by atoms with E-state index in [9.17, 15) is 5.11 Å². The molecule has 0 heterocycles. The summed E-state index contributed by atoms with van der Waals surface area (Å²) in [6, 6.07) is 5.40. The first-order valence-electron chi connectivity index (χ1n) is 5.12. The van der Waals surface area contributed by atoms with Gasteiger partial charge in [-0.05, 0) is 29.2 Å². The van der Waals surface area contributed by atoms with Crippen molar-refractivity contribution in [3.05, 3.63) is 32.7 Å². The van der Waals surface area contributed by atoms with Crippen molar-refractivity contribution in [2.45, 2.75) is 32.9 Å². The summed E-state index contributed by atoms with van der Waals surface area (Å²) < 4.78 is 1.88. The molecule has 0 fully saturated rings. The summed E-state index contributed by atoms with van der Waals surface area (Å²) in [4.78, 5) is 0. The lowest BCUT2D eigenvalue weighted by Gasteiger charge is -2.31. The highest BCUT2D eigenvalue weighted by Gasteiger charge is 2.30. The van der Waals surface area contributed by atoms with Crippen LogP contribution in [0, 0.1) is 5.41 Å². The fourth-order valence-electron chi connectivity index (χ4n) is 1.48. The molecule has 98 valence electrons. The van der Waals surface area contributed by atoms with Gasteiger partial charge in [0.25, 0.3) is 0 Å². The maximum Gasteiger partial charge on any atom is 0.0781 e. The third kappa shape index (κ3) is 4.52. The molecule has 3 N–H and O–H groups in total. The van der Waals surface area contributed by atoms with Crippen LogP contribution in [0.1, 0.15) is 32.4 Å². The van der Waals surface area contributed by atoms with Crippen molar-refractivity contribution in [3.8, 4) is 0 Å². The lowest BCUT2D eigenvalue weighted by atomic mass is 9.82. The summed E-state index contributed by atoms with van der Waals surface area (Å²) >= 11 is 6.86. The number of hydrogen-bond acceptors (Lipinski definition) is 2. The second kappa shape index (κ2) is 6.53. The van der Waals surface area contributed by atoms with Crippen LogP contribution in [0.5, 0.6) is 0 Å². The molecular weight excluding hydrogens is 369 g/mol. The smallest absolute Gasteiger partial charge is 0.0781 e. The summed E-state index contributed by atoms with van der Waals surface area (Å²) in [7, 11) is 0. The summed E-state index contributed by atoms with van der Waals surface area (Å²) in [6.07, 6.45) is -0.585. The highest BCUT2D eigenvalue weighted by atomic mass is 79.9. The number of hydrogen-bond donors (Lipinski definition) is 2. The first kappa shape index (κ1) is 17.4. The van der Waals surface area contributed by atoms with Gasteiger partial charge < -0.3 is 10.8 Å². The largest absolute Gasteiger partial charge is 0.391 e. The Morgan fingerprint density at radius 3 is 2.24 bits per heavy atom. The molecule has 1 aromatic carbocycles. The lowest BCUT2D eigenvalue weighted by Crippen LogP contribution is -2.37. The van der Waals surface area contributed by atoms with E-state index in [4.69, 9.17) is 5.73 Å². The van der Waals surface area contributed by atoms with Gasteiger partial charge >= 0.3 is 0 Å². The number of halogens is 3. The zero-order valence-electron chi connectivity index (χ0n) is 10.1. The predicted molar refractivity (Wildman–Crippen MR) is 81.5 cm³/mol. The molecule has 2 atom stereocenters. The van der Waals surface area contributed by atoms with Crippen LogP contribution in [-0.2, 0) is 0 Å². The second-order valence-electron chi connectivity index (χ2n) is 5.00. The van der Waals surface area contributed by atoms with Gasteiger partial charge in [0.15, 0.2) is 0 Å². The highest BCUT2D eigenvalue weighted by Crippen LogP contribution is 2.33. The Bertz CT molecular complexity index is 379. The Morgan fingerprint density at radius 2 is 1.76 bits per heavy atom. The second-order valence-corrected chi connectivity index (χ2v) is 6.77. The van der Waals surface area contributed by atoms with E-state index in [2.05, 4.69) is 31.9 Å². The van der Waals surface area contributed by atoms with Gasteiger partial charge in [0, 0.05) is 8.95 Å². The molecule has 5 heteroatoms. The van der Waals surface area contributed by atoms with Crippen LogP contribution in [0.15, 0.2) is 27.1 Å². The van der Waals surface area contributed by atoms with Gasteiger partial charge in [-0.25, -0.2) is 0 Å². The summed E-state index contributed by atoms with van der Waals surface area (Å²) in [5.41, 5.74) is 6.77. The molecule has 1 rings (SSSR count). The number of aliphatic hydroxyl groups is 1. The van der Waals surface area contributed by atoms with E-state index in [1.807, 2.05) is 39.0 Å². The minimum absolute atomic E-state index is 0. The Balaban J connectivity index is 0.00000256. The molecule has 0 radical (unpaired) electrons. The van der Waals surface area contributed by atoms with Crippen LogP contribution in [-0.4, -0.2) is 11.2 Å². The zero-order valence-corrected chi connectivity index (χ0v) is 14.1. The van der Waals surface area contributed by atoms with Gasteiger partial charge in [0.1, 0.15) is 0 Å². The fraction of sp³-hybridized carbons (Fsp3) is 0.500. The van der Waals surface area contributed by atoms with Crippen molar-refractivity contribution in [1.82, 2.24) is 0 Å². The van der Waals surface area contributed by atoms with E-state index in [0.717, 1.165) is 14.5 Å². The average Bonchev–Trinajstić information content (AvgIpc) is 2.18. The fourth-order valence-corrected chi connectivity index (χ4v) is 2.37. The molecule has 1 aromatic rings. The Kier molecular flexibility index (Phi) is 6.68. The van der Waals surface area contributed by atoms with Crippen molar-refractivity contribution in [2.75, 3.05) is 0 Å². The molecule has 0 spiro atoms. The predicted octanol–water partition coefficient (Wildman–Crippen LogP) is 4.04. The van der Waals surface area contributed by atoms with E-state index in [1.165, 1.54) is 0 Å². The molecule has 0 unspecified atom stereocenters. The third-order valence-electron chi connectivity index (χ3n) is 2.54. The molecule has 17 heavy (non-hydrogen) atoms. The average molecular weight is 388 g/mol. The lowest BCUT2D eigenvalue weighted by molar-refractivity contribution is 0.0399. The Morgan fingerprint density at radius 1 is 1.24 bits per heavy atom. The summed E-state index contributed by atoms with van der Waals surface area (Å²) in [5.74, 6) is 0. The molecular formula is C12H18Br2ClNO. The number of nitrogens with two attached hydrogens (primary N) is 1. The summed E-state index contributed by atoms with van der Waals surface area (Å²) in [5, 5.41) is 10.2. The molecule has 0 saturated heterocycles. The quantitative estimate of drug-likeness (QED) is 0.804. The zero-order chi connectivity index (χ0) is 12.5. The topological polar surface area (TPSA) is 46.2 Å². The SMILES string of the molecule is CC(C)(C)[C@H](O)[C@H](N)c1cc(Br)ccc1Br.Cl. The normalized spacial score (nSPS) is 15.0. The van der Waals surface area contributed by atoms with Crippen molar-refractivity contribution in [3.63, 3.8) is 0 Å². The molecule has 0 aromatic heterocycles. The maximum atomic E-state index is 10.2. The van der Waals surface area contributed by atoms with Gasteiger partial charge in [0.05, 0.1) is 12.1 Å². The van der Waals surface area contributed by atoms with Gasteiger partial charge in [-0.15, -0.1) is 12.4 Å². The molecule has 2 nitrogen and oxygen atoms in total. The van der Waals surface area contributed by atoms with Gasteiger partial charge in [-0.2, -0.15) is 0 Å². The first-order chi connectivity index (χ1) is 7.23. The molecule has 0 aliphatic heterocycles. The standard InChI is InChI=1S/C12H17Br2NO.ClH/c1-12(2,3)11(16)10(15)8-6-7(13)4-5-9(8)14;/h4-6,10-11,16H,15H2,1-3H3;1H/t10-,11-;/m1./s1. The van der Waals surface area contributed by atoms with Gasteiger partial charge in [-0.3, -0.25) is 0 Å². The van der Waals surface area contributed by atoms with E-state index < -0.39 is 12.1 Å². The van der Waals surface area contributed by atoms with Crippen molar-refractivity contribution in [2.24, 2.45) is 11.1 Å². The molecule has 0 aliphatic carbocycles. The Labute approximate surface area is 126 Å². The van der Waals surface area contributed by atoms with Crippen molar-refractivity contribution >= 4 is 44.3 Å². The van der Waals surface area contributed by atoms with Crippen LogP contribution in [0.25, 0.3) is 0 Å². The van der Waals surface area contributed by atoms with E-state index >= 15 is 0 Å². The van der Waals surface area contributed by atoms with Crippen LogP contribution in [0.2, 0.25) is 0 Å². The van der Waals surface area contributed by atoms with E-state index in [1.54, 1.807) is 0 Å². The molecule has 0 aliphatic rings. The van der Waals surface area contributed by atoms with E-state index in [-0.39, 0.29) is 17.8 Å². The van der Waals surface area contributed by atoms with Crippen LogP contribution in [0.4, 0.5) is 0 Å². The highest BCUT2D eigenvalue weighted by molar-refractivity contribution is 9.11. The minimum Gasteiger partial charge on any atom is -0.391 e. The number of benzene rings is 1. The van der Waals surface area contributed by atoms with E-state index in [0.29, 0.717) is 0 Å². The maximum absolute atomic E-state index is 10.2. The monoisotopic (exact) mass is 385 g/mol. The van der Waals surface area contributed by atoms with Crippen LogP contribution < -0.4 is 5.73 Å². The third-order valence-corrected chi connectivity index (χ3v) is 3.76. The Hall–Kier alpha value is 0.390. The van der Waals surface area contributed by atoms with Gasteiger partial charge in [-0.1, -0.05) is 52.6 Å². The molecule has 0 bridgehead atoms. The summed E-state index contributed by atoms with van der Waals surface area (Å²) in [6.45, 7) is 5.93.